The Hall–Kier alpha value is -3.98. The van der Waals surface area contributed by atoms with Crippen molar-refractivity contribution in [2.45, 2.75) is 19.1 Å². The molecule has 37 heavy (non-hydrogen) atoms. The zero-order chi connectivity index (χ0) is 26.5. The Morgan fingerprint density at radius 3 is 2.51 bits per heavy atom. The number of carbonyl (C=O) groups is 1. The molecule has 0 saturated heterocycles. The van der Waals surface area contributed by atoms with Crippen molar-refractivity contribution in [3.8, 4) is 11.5 Å². The molecule has 190 valence electrons. The van der Waals surface area contributed by atoms with E-state index in [2.05, 4.69) is 0 Å². The Bertz CT molecular complexity index is 1600. The van der Waals surface area contributed by atoms with Crippen LogP contribution in [0.3, 0.4) is 0 Å². The molecule has 4 aromatic rings. The minimum Gasteiger partial charge on any atom is -0.493 e. The summed E-state index contributed by atoms with van der Waals surface area (Å²) in [4.78, 5) is 28.5. The normalized spacial score (nSPS) is 15.2. The number of alkyl halides is 3. The third-order valence-electron chi connectivity index (χ3n) is 6.09. The van der Waals surface area contributed by atoms with Gasteiger partial charge in [0.15, 0.2) is 16.9 Å². The highest BCUT2D eigenvalue weighted by molar-refractivity contribution is 6.31. The van der Waals surface area contributed by atoms with Crippen molar-refractivity contribution in [3.05, 3.63) is 98.4 Å². The van der Waals surface area contributed by atoms with Gasteiger partial charge >= 0.3 is 6.18 Å². The summed E-state index contributed by atoms with van der Waals surface area (Å²) < 4.78 is 57.4. The second-order valence-electron chi connectivity index (χ2n) is 8.28. The molecule has 10 heteroatoms. The molecule has 0 aliphatic carbocycles. The lowest BCUT2D eigenvalue weighted by Crippen LogP contribution is -2.29. The van der Waals surface area contributed by atoms with Crippen LogP contribution in [0.15, 0.2) is 69.9 Å². The minimum atomic E-state index is -4.64. The van der Waals surface area contributed by atoms with Crippen LogP contribution in [-0.2, 0) is 6.18 Å². The molecular weight excluding hydrogens is 511 g/mol. The number of hydrogen-bond acceptors (Lipinski definition) is 5. The van der Waals surface area contributed by atoms with Crippen molar-refractivity contribution < 1.29 is 31.9 Å². The van der Waals surface area contributed by atoms with Gasteiger partial charge in [0, 0.05) is 10.7 Å². The van der Waals surface area contributed by atoms with Crippen LogP contribution in [0.4, 0.5) is 18.9 Å². The first-order chi connectivity index (χ1) is 17.6. The Morgan fingerprint density at radius 2 is 1.81 bits per heavy atom. The molecule has 0 fully saturated rings. The number of amides is 1. The van der Waals surface area contributed by atoms with Gasteiger partial charge in [-0.05, 0) is 61.0 Å². The molecule has 0 radical (unpaired) electrons. The first-order valence-corrected chi connectivity index (χ1v) is 11.6. The van der Waals surface area contributed by atoms with Gasteiger partial charge in [-0.1, -0.05) is 23.7 Å². The summed E-state index contributed by atoms with van der Waals surface area (Å²) in [5, 5.41) is 0.436. The first-order valence-electron chi connectivity index (χ1n) is 11.2. The van der Waals surface area contributed by atoms with Crippen LogP contribution in [0.25, 0.3) is 11.0 Å². The van der Waals surface area contributed by atoms with E-state index in [1.165, 1.54) is 37.4 Å². The van der Waals surface area contributed by atoms with E-state index < -0.39 is 29.1 Å². The maximum absolute atomic E-state index is 13.7. The van der Waals surface area contributed by atoms with Crippen molar-refractivity contribution in [1.82, 2.24) is 0 Å². The van der Waals surface area contributed by atoms with Crippen LogP contribution in [0, 0.1) is 0 Å². The zero-order valence-corrected chi connectivity index (χ0v) is 20.3. The Morgan fingerprint density at radius 1 is 1.03 bits per heavy atom. The summed E-state index contributed by atoms with van der Waals surface area (Å²) in [5.74, 6) is -0.241. The van der Waals surface area contributed by atoms with Crippen molar-refractivity contribution >= 4 is 34.2 Å². The average molecular weight is 530 g/mol. The number of halogens is 4. The lowest BCUT2D eigenvalue weighted by atomic mass is 9.97. The lowest BCUT2D eigenvalue weighted by Gasteiger charge is -2.26. The largest absolute Gasteiger partial charge is 0.493 e. The van der Waals surface area contributed by atoms with Gasteiger partial charge < -0.3 is 13.9 Å². The fraction of sp³-hybridized carbons (Fsp3) is 0.185. The van der Waals surface area contributed by atoms with Crippen LogP contribution in [0.5, 0.6) is 11.5 Å². The van der Waals surface area contributed by atoms with Gasteiger partial charge in [-0.2, -0.15) is 13.2 Å². The molecular formula is C27H19ClF3NO5. The maximum Gasteiger partial charge on any atom is 0.416 e. The van der Waals surface area contributed by atoms with Crippen LogP contribution in [0.1, 0.15) is 40.2 Å². The number of nitrogens with zero attached hydrogens (tertiary/aromatic N) is 1. The molecule has 1 aromatic heterocycles. The molecule has 0 saturated carbocycles. The summed E-state index contributed by atoms with van der Waals surface area (Å²) >= 11 is 6.10. The van der Waals surface area contributed by atoms with E-state index >= 15 is 0 Å². The first kappa shape index (κ1) is 24.7. The van der Waals surface area contributed by atoms with Gasteiger partial charge in [-0.25, -0.2) is 0 Å². The predicted octanol–water partition coefficient (Wildman–Crippen LogP) is 6.62. The van der Waals surface area contributed by atoms with Crippen LogP contribution in [0.2, 0.25) is 5.02 Å². The highest BCUT2D eigenvalue weighted by atomic mass is 35.5. The number of hydrogen-bond donors (Lipinski definition) is 0. The number of carbonyl (C=O) groups excluding carboxylic acids is 1. The summed E-state index contributed by atoms with van der Waals surface area (Å²) in [6.45, 7) is 2.17. The van der Waals surface area contributed by atoms with E-state index in [4.69, 9.17) is 25.5 Å². The van der Waals surface area contributed by atoms with Crippen molar-refractivity contribution in [2.24, 2.45) is 0 Å². The topological polar surface area (TPSA) is 69.0 Å². The fourth-order valence-electron chi connectivity index (χ4n) is 4.49. The molecule has 0 spiro atoms. The zero-order valence-electron chi connectivity index (χ0n) is 19.6. The van der Waals surface area contributed by atoms with Crippen molar-refractivity contribution in [1.29, 1.82) is 0 Å². The van der Waals surface area contributed by atoms with Gasteiger partial charge in [0.25, 0.3) is 5.91 Å². The molecule has 3 aromatic carbocycles. The van der Waals surface area contributed by atoms with Gasteiger partial charge in [0.05, 0.1) is 36.3 Å². The van der Waals surface area contributed by atoms with Crippen LogP contribution < -0.4 is 19.8 Å². The molecule has 1 unspecified atom stereocenters. The van der Waals surface area contributed by atoms with Gasteiger partial charge in [0.1, 0.15) is 5.58 Å². The molecule has 2 heterocycles. The highest BCUT2D eigenvalue weighted by Crippen LogP contribution is 2.44. The Labute approximate surface area is 213 Å². The third-order valence-corrected chi connectivity index (χ3v) is 6.32. The average Bonchev–Trinajstić information content (AvgIpc) is 3.17. The molecule has 1 atom stereocenters. The Kier molecular flexibility index (Phi) is 6.11. The minimum absolute atomic E-state index is 0.0107. The number of ether oxygens (including phenoxy) is 2. The quantitative estimate of drug-likeness (QED) is 0.290. The van der Waals surface area contributed by atoms with Crippen LogP contribution >= 0.6 is 11.6 Å². The van der Waals surface area contributed by atoms with Crippen molar-refractivity contribution in [2.75, 3.05) is 18.6 Å². The number of methoxy groups -OCH3 is 1. The SMILES string of the molecule is CCOc1ccc(C2c3c(oc4ccc(Cl)cc4c3=O)C(=O)N2c2cccc(C(F)(F)F)c2)cc1OC. The number of benzene rings is 3. The summed E-state index contributed by atoms with van der Waals surface area (Å²) in [6, 6.07) is 12.5. The molecule has 1 aliphatic heterocycles. The summed E-state index contributed by atoms with van der Waals surface area (Å²) in [7, 11) is 1.43. The van der Waals surface area contributed by atoms with E-state index in [0.29, 0.717) is 23.7 Å². The predicted molar refractivity (Wildman–Crippen MR) is 132 cm³/mol. The maximum atomic E-state index is 13.7. The summed E-state index contributed by atoms with van der Waals surface area (Å²) in [6.07, 6.45) is -4.64. The van der Waals surface area contributed by atoms with E-state index in [0.717, 1.165) is 17.0 Å². The molecule has 1 aliphatic rings. The highest BCUT2D eigenvalue weighted by Gasteiger charge is 2.44. The molecule has 0 N–H and O–H groups in total. The van der Waals surface area contributed by atoms with Crippen molar-refractivity contribution in [3.63, 3.8) is 0 Å². The van der Waals surface area contributed by atoms with E-state index in [1.54, 1.807) is 25.1 Å². The second-order valence-corrected chi connectivity index (χ2v) is 8.72. The van der Waals surface area contributed by atoms with Gasteiger partial charge in [-0.15, -0.1) is 0 Å². The third kappa shape index (κ3) is 4.19. The number of fused-ring (bicyclic) bond motifs is 2. The van der Waals surface area contributed by atoms with Crippen LogP contribution in [-0.4, -0.2) is 19.6 Å². The fourth-order valence-corrected chi connectivity index (χ4v) is 4.66. The summed E-state index contributed by atoms with van der Waals surface area (Å²) in [5.41, 5.74) is -0.963. The second kappa shape index (κ2) is 9.15. The molecule has 6 nitrogen and oxygen atoms in total. The lowest BCUT2D eigenvalue weighted by molar-refractivity contribution is -0.137. The molecule has 5 rings (SSSR count). The molecule has 1 amide bonds. The van der Waals surface area contributed by atoms with E-state index in [-0.39, 0.29) is 33.0 Å². The number of rotatable bonds is 5. The standard InChI is InChI=1S/C27H19ClF3NO5/c1-3-36-20-9-7-14(11-21(20)35-2)23-22-24(33)18-13-16(28)8-10-19(18)37-25(22)26(34)32(23)17-6-4-5-15(12-17)27(29,30)31/h4-13,23H,3H2,1-2H3. The smallest absolute Gasteiger partial charge is 0.416 e. The number of anilines is 1. The van der Waals surface area contributed by atoms with Gasteiger partial charge in [0.2, 0.25) is 5.76 Å². The van der Waals surface area contributed by atoms with E-state index in [9.17, 15) is 22.8 Å². The molecule has 0 bridgehead atoms. The monoisotopic (exact) mass is 529 g/mol. The van der Waals surface area contributed by atoms with Gasteiger partial charge in [-0.3, -0.25) is 14.5 Å². The van der Waals surface area contributed by atoms with E-state index in [1.807, 2.05) is 0 Å². The Balaban J connectivity index is 1.79.